The van der Waals surface area contributed by atoms with Crippen molar-refractivity contribution in [2.24, 2.45) is 16.8 Å². The summed E-state index contributed by atoms with van der Waals surface area (Å²) in [5, 5.41) is 6.34. The van der Waals surface area contributed by atoms with Gasteiger partial charge in [-0.05, 0) is 23.3 Å². The highest BCUT2D eigenvalue weighted by Crippen LogP contribution is 2.21. The van der Waals surface area contributed by atoms with E-state index in [1.807, 2.05) is 36.4 Å². The van der Waals surface area contributed by atoms with Crippen molar-refractivity contribution in [2.75, 3.05) is 0 Å². The molecule has 148 valence electrons. The summed E-state index contributed by atoms with van der Waals surface area (Å²) in [6.45, 7) is 0.249. The van der Waals surface area contributed by atoms with E-state index in [1.165, 1.54) is 0 Å². The van der Waals surface area contributed by atoms with Gasteiger partial charge in [0.2, 0.25) is 11.8 Å². The fourth-order valence-corrected chi connectivity index (χ4v) is 2.95. The Balaban J connectivity index is 1.82. The first-order valence-corrected chi connectivity index (χ1v) is 9.22. The number of imide groups is 1. The second kappa shape index (κ2) is 9.07. The summed E-state index contributed by atoms with van der Waals surface area (Å²) in [6.07, 6.45) is 0. The fraction of sp³-hybridized carbons (Fsp3) is 0.150. The molecule has 2 aromatic carbocycles. The molecule has 9 heteroatoms. The quantitative estimate of drug-likeness (QED) is 0.280. The first-order chi connectivity index (χ1) is 14.0. The van der Waals surface area contributed by atoms with Gasteiger partial charge in [-0.3, -0.25) is 24.7 Å². The molecule has 1 saturated heterocycles. The number of nitrogens with two attached hydrogens (primary N) is 1. The van der Waals surface area contributed by atoms with Gasteiger partial charge >= 0.3 is 0 Å². The molecular weight excluding hydrogens is 390 g/mol. The maximum atomic E-state index is 12.9. The van der Waals surface area contributed by atoms with E-state index in [0.717, 1.165) is 16.0 Å². The van der Waals surface area contributed by atoms with E-state index in [1.54, 1.807) is 24.3 Å². The third-order valence-corrected chi connectivity index (χ3v) is 4.38. The van der Waals surface area contributed by atoms with Crippen LogP contribution in [0.1, 0.15) is 11.1 Å². The van der Waals surface area contributed by atoms with Crippen LogP contribution in [0.2, 0.25) is 0 Å². The third-order valence-electron chi connectivity index (χ3n) is 4.29. The van der Waals surface area contributed by atoms with Crippen molar-refractivity contribution in [2.45, 2.75) is 13.1 Å². The summed E-state index contributed by atoms with van der Waals surface area (Å²) in [5.41, 5.74) is 9.03. The van der Waals surface area contributed by atoms with Crippen LogP contribution in [0.3, 0.4) is 0 Å². The lowest BCUT2D eigenvalue weighted by Gasteiger charge is -2.14. The molecule has 1 unspecified atom stereocenters. The SMILES string of the molecule is NC(=S)N/N=C1\C(=O)N(Cc2ccccc2)C(=O)C1C(=O)NCc1ccccc1. The van der Waals surface area contributed by atoms with E-state index in [-0.39, 0.29) is 23.9 Å². The first-order valence-electron chi connectivity index (χ1n) is 8.81. The van der Waals surface area contributed by atoms with Gasteiger partial charge in [-0.15, -0.1) is 0 Å². The molecule has 4 N–H and O–H groups in total. The predicted molar refractivity (Wildman–Crippen MR) is 111 cm³/mol. The number of hydrogen-bond donors (Lipinski definition) is 3. The third kappa shape index (κ3) is 4.82. The van der Waals surface area contributed by atoms with Crippen molar-refractivity contribution in [1.82, 2.24) is 15.6 Å². The fourth-order valence-electron chi connectivity index (χ4n) is 2.90. The average molecular weight is 409 g/mol. The van der Waals surface area contributed by atoms with Gasteiger partial charge < -0.3 is 11.1 Å². The van der Waals surface area contributed by atoms with Crippen molar-refractivity contribution in [3.05, 3.63) is 71.8 Å². The highest BCUT2D eigenvalue weighted by Gasteiger charge is 2.49. The normalized spacial score (nSPS) is 17.4. The van der Waals surface area contributed by atoms with Gasteiger partial charge in [0.1, 0.15) is 5.71 Å². The van der Waals surface area contributed by atoms with E-state index < -0.39 is 23.6 Å². The summed E-state index contributed by atoms with van der Waals surface area (Å²) in [7, 11) is 0. The van der Waals surface area contributed by atoms with Crippen molar-refractivity contribution in [1.29, 1.82) is 0 Å². The molecule has 0 bridgehead atoms. The van der Waals surface area contributed by atoms with Gasteiger partial charge in [-0.1, -0.05) is 60.7 Å². The second-order valence-corrected chi connectivity index (χ2v) is 6.76. The summed E-state index contributed by atoms with van der Waals surface area (Å²) < 4.78 is 0. The zero-order valence-electron chi connectivity index (χ0n) is 15.4. The molecule has 0 radical (unpaired) electrons. The monoisotopic (exact) mass is 409 g/mol. The topological polar surface area (TPSA) is 117 Å². The van der Waals surface area contributed by atoms with Crippen LogP contribution in [0.5, 0.6) is 0 Å². The Morgan fingerprint density at radius 3 is 2.21 bits per heavy atom. The number of hydrogen-bond acceptors (Lipinski definition) is 5. The molecule has 0 aliphatic carbocycles. The Hall–Kier alpha value is -3.59. The maximum Gasteiger partial charge on any atom is 0.278 e. The van der Waals surface area contributed by atoms with Gasteiger partial charge in [-0.25, -0.2) is 0 Å². The van der Waals surface area contributed by atoms with E-state index in [0.29, 0.717) is 0 Å². The molecule has 0 aromatic heterocycles. The van der Waals surface area contributed by atoms with Crippen LogP contribution in [-0.4, -0.2) is 33.4 Å². The molecule has 1 fully saturated rings. The number of carbonyl (C=O) groups is 3. The highest BCUT2D eigenvalue weighted by atomic mass is 32.1. The second-order valence-electron chi connectivity index (χ2n) is 6.32. The number of likely N-dealkylation sites (tertiary alicyclic amines) is 1. The van der Waals surface area contributed by atoms with E-state index in [2.05, 4.69) is 15.8 Å². The molecule has 1 heterocycles. The molecule has 0 saturated carbocycles. The summed E-state index contributed by atoms with van der Waals surface area (Å²) in [6, 6.07) is 18.2. The number of rotatable bonds is 6. The van der Waals surface area contributed by atoms with Crippen LogP contribution < -0.4 is 16.5 Å². The van der Waals surface area contributed by atoms with Crippen LogP contribution in [0.15, 0.2) is 65.8 Å². The molecule has 2 aromatic rings. The average Bonchev–Trinajstić information content (AvgIpc) is 2.96. The zero-order chi connectivity index (χ0) is 20.8. The van der Waals surface area contributed by atoms with Crippen molar-refractivity contribution >= 4 is 40.8 Å². The van der Waals surface area contributed by atoms with Gasteiger partial charge in [0, 0.05) is 6.54 Å². The van der Waals surface area contributed by atoms with Crippen LogP contribution in [0.25, 0.3) is 0 Å². The van der Waals surface area contributed by atoms with E-state index in [4.69, 9.17) is 18.0 Å². The molecule has 1 aliphatic heterocycles. The first kappa shape index (κ1) is 20.2. The van der Waals surface area contributed by atoms with Gasteiger partial charge in [-0.2, -0.15) is 5.10 Å². The number of thiocarbonyl (C=S) groups is 1. The predicted octanol–water partition coefficient (Wildman–Crippen LogP) is 0.677. The largest absolute Gasteiger partial charge is 0.375 e. The summed E-state index contributed by atoms with van der Waals surface area (Å²) >= 11 is 4.70. The van der Waals surface area contributed by atoms with Crippen molar-refractivity contribution in [3.8, 4) is 0 Å². The van der Waals surface area contributed by atoms with Gasteiger partial charge in [0.25, 0.3) is 5.91 Å². The van der Waals surface area contributed by atoms with Gasteiger partial charge in [0.15, 0.2) is 11.0 Å². The Labute approximate surface area is 172 Å². The lowest BCUT2D eigenvalue weighted by Crippen LogP contribution is -2.39. The van der Waals surface area contributed by atoms with Crippen LogP contribution in [0.4, 0.5) is 0 Å². The Morgan fingerprint density at radius 2 is 1.62 bits per heavy atom. The summed E-state index contributed by atoms with van der Waals surface area (Å²) in [4.78, 5) is 39.4. The molecule has 3 amide bonds. The molecule has 29 heavy (non-hydrogen) atoms. The minimum Gasteiger partial charge on any atom is -0.375 e. The molecule has 8 nitrogen and oxygen atoms in total. The number of hydrazone groups is 1. The Morgan fingerprint density at radius 1 is 1.03 bits per heavy atom. The van der Waals surface area contributed by atoms with Crippen molar-refractivity contribution in [3.63, 3.8) is 0 Å². The Kier molecular flexibility index (Phi) is 6.30. The van der Waals surface area contributed by atoms with E-state index in [9.17, 15) is 14.4 Å². The highest BCUT2D eigenvalue weighted by molar-refractivity contribution is 7.80. The number of amides is 3. The molecule has 1 aliphatic rings. The molecule has 1 atom stereocenters. The molecular formula is C20H19N5O3S. The lowest BCUT2D eigenvalue weighted by molar-refractivity contribution is -0.141. The summed E-state index contributed by atoms with van der Waals surface area (Å²) in [5.74, 6) is -3.31. The standard InChI is InChI=1S/C20H19N5O3S/c21-20(29)24-23-16-15(17(26)22-11-13-7-3-1-4-8-13)18(27)25(19(16)28)12-14-9-5-2-6-10-14/h1-10,15H,11-12H2,(H,22,26)(H3,21,24,29)/b23-16-. The van der Waals surface area contributed by atoms with Crippen LogP contribution in [-0.2, 0) is 27.5 Å². The van der Waals surface area contributed by atoms with Gasteiger partial charge in [0.05, 0.1) is 6.54 Å². The maximum absolute atomic E-state index is 12.9. The lowest BCUT2D eigenvalue weighted by atomic mass is 10.0. The zero-order valence-corrected chi connectivity index (χ0v) is 16.2. The number of nitrogens with zero attached hydrogens (tertiary/aromatic N) is 2. The van der Waals surface area contributed by atoms with Crippen LogP contribution in [0, 0.1) is 5.92 Å². The molecule has 0 spiro atoms. The number of carbonyl (C=O) groups excluding carboxylic acids is 3. The minimum absolute atomic E-state index is 0.0348. The van der Waals surface area contributed by atoms with Crippen LogP contribution >= 0.6 is 12.2 Å². The minimum atomic E-state index is -1.38. The Bertz CT molecular complexity index is 963. The number of nitrogens with one attached hydrogen (secondary N) is 2. The molecule has 3 rings (SSSR count). The number of benzene rings is 2. The smallest absolute Gasteiger partial charge is 0.278 e. The van der Waals surface area contributed by atoms with E-state index >= 15 is 0 Å². The van der Waals surface area contributed by atoms with Crippen molar-refractivity contribution < 1.29 is 14.4 Å².